The normalized spacial score (nSPS) is 25.8. The topological polar surface area (TPSA) is 85.0 Å². The van der Waals surface area contributed by atoms with Crippen molar-refractivity contribution in [2.24, 2.45) is 10.6 Å². The molecule has 3 aliphatic rings. The van der Waals surface area contributed by atoms with Gasteiger partial charge in [-0.3, -0.25) is 10.1 Å². The van der Waals surface area contributed by atoms with Crippen LogP contribution in [-0.2, 0) is 16.1 Å². The van der Waals surface area contributed by atoms with Gasteiger partial charge in [-0.25, -0.2) is 4.79 Å². The van der Waals surface area contributed by atoms with Gasteiger partial charge in [-0.05, 0) is 30.9 Å². The van der Waals surface area contributed by atoms with Gasteiger partial charge < -0.3 is 9.74 Å². The van der Waals surface area contributed by atoms with E-state index < -0.39 is 10.3 Å². The highest BCUT2D eigenvalue weighted by atomic mass is 16.7. The van der Waals surface area contributed by atoms with Gasteiger partial charge in [0.25, 0.3) is 5.69 Å². The van der Waals surface area contributed by atoms with Crippen LogP contribution in [0.1, 0.15) is 24.0 Å². The Morgan fingerprint density at radius 2 is 2.04 bits per heavy atom. The minimum atomic E-state index is -0.930. The molecule has 3 aliphatic heterocycles. The van der Waals surface area contributed by atoms with E-state index >= 15 is 0 Å². The Labute approximate surface area is 155 Å². The van der Waals surface area contributed by atoms with Gasteiger partial charge in [0.1, 0.15) is 11.1 Å². The van der Waals surface area contributed by atoms with Crippen molar-refractivity contribution in [2.45, 2.75) is 25.3 Å². The molecule has 1 fully saturated rings. The summed E-state index contributed by atoms with van der Waals surface area (Å²) in [5, 5.41) is 15.4. The number of nitrogens with zero attached hydrogens (tertiary/aromatic N) is 3. The van der Waals surface area contributed by atoms with E-state index in [1.807, 2.05) is 30.3 Å². The van der Waals surface area contributed by atoms with Crippen LogP contribution in [0.2, 0.25) is 0 Å². The molecule has 7 heteroatoms. The summed E-state index contributed by atoms with van der Waals surface area (Å²) in [5.74, 6) is -0.365. The first kappa shape index (κ1) is 16.0. The molecule has 2 aromatic rings. The van der Waals surface area contributed by atoms with Gasteiger partial charge in [-0.2, -0.15) is 0 Å². The van der Waals surface area contributed by atoms with Crippen LogP contribution in [-0.4, -0.2) is 29.2 Å². The fraction of sp³-hybridized carbons (Fsp3) is 0.300. The summed E-state index contributed by atoms with van der Waals surface area (Å²) >= 11 is 0. The van der Waals surface area contributed by atoms with E-state index in [4.69, 9.17) is 4.84 Å². The second kappa shape index (κ2) is 5.64. The van der Waals surface area contributed by atoms with Gasteiger partial charge in [0.15, 0.2) is 0 Å². The number of non-ortho nitro benzene ring substituents is 1. The number of hydrogen-bond donors (Lipinski definition) is 0. The second-order valence-electron chi connectivity index (χ2n) is 7.25. The molecule has 3 heterocycles. The van der Waals surface area contributed by atoms with Crippen LogP contribution in [0.4, 0.5) is 11.4 Å². The van der Waals surface area contributed by atoms with Crippen LogP contribution in [0.3, 0.4) is 0 Å². The van der Waals surface area contributed by atoms with E-state index in [0.717, 1.165) is 36.2 Å². The number of nitro benzene ring substituents is 1. The molecule has 0 N–H and O–H groups in total. The summed E-state index contributed by atoms with van der Waals surface area (Å²) in [5.41, 5.74) is 2.35. The largest absolute Gasteiger partial charge is 0.367 e. The third-order valence-corrected chi connectivity index (χ3v) is 5.93. The smallest absolute Gasteiger partial charge is 0.349 e. The maximum absolute atomic E-state index is 13.0. The van der Waals surface area contributed by atoms with Crippen molar-refractivity contribution in [3.63, 3.8) is 0 Å². The van der Waals surface area contributed by atoms with Crippen LogP contribution in [0.25, 0.3) is 0 Å². The first-order chi connectivity index (χ1) is 13.1. The minimum absolute atomic E-state index is 0.0334. The van der Waals surface area contributed by atoms with Crippen LogP contribution in [0, 0.1) is 15.5 Å². The Hall–Kier alpha value is -3.22. The molecule has 27 heavy (non-hydrogen) atoms. The molecule has 2 aromatic carbocycles. The van der Waals surface area contributed by atoms with E-state index in [1.165, 1.54) is 6.07 Å². The summed E-state index contributed by atoms with van der Waals surface area (Å²) in [6.45, 7) is 0.812. The SMILES string of the molecule is O=C1ON=C(c2ccccc2)[C@]12Cc1cc([N+](=O)[O-])ccc1N1CCC[C@@H]12. The van der Waals surface area contributed by atoms with E-state index in [-0.39, 0.29) is 17.7 Å². The van der Waals surface area contributed by atoms with Gasteiger partial charge in [0.2, 0.25) is 0 Å². The zero-order valence-electron chi connectivity index (χ0n) is 14.5. The lowest BCUT2D eigenvalue weighted by atomic mass is 9.66. The third kappa shape index (κ3) is 2.14. The van der Waals surface area contributed by atoms with Crippen molar-refractivity contribution in [1.82, 2.24) is 0 Å². The zero-order valence-corrected chi connectivity index (χ0v) is 14.5. The van der Waals surface area contributed by atoms with Gasteiger partial charge in [-0.15, -0.1) is 0 Å². The summed E-state index contributed by atoms with van der Waals surface area (Å²) in [4.78, 5) is 31.3. The summed E-state index contributed by atoms with van der Waals surface area (Å²) in [6.07, 6.45) is 2.17. The van der Waals surface area contributed by atoms with Crippen molar-refractivity contribution in [2.75, 3.05) is 11.4 Å². The molecule has 0 radical (unpaired) electrons. The first-order valence-corrected chi connectivity index (χ1v) is 9.00. The predicted octanol–water partition coefficient (Wildman–Crippen LogP) is 3.07. The Bertz CT molecular complexity index is 988. The van der Waals surface area contributed by atoms with Crippen molar-refractivity contribution >= 4 is 23.1 Å². The van der Waals surface area contributed by atoms with E-state index in [0.29, 0.717) is 12.1 Å². The number of carbonyl (C=O) groups is 1. The monoisotopic (exact) mass is 363 g/mol. The Morgan fingerprint density at radius 3 is 2.81 bits per heavy atom. The zero-order chi connectivity index (χ0) is 18.6. The van der Waals surface area contributed by atoms with Crippen LogP contribution in [0.5, 0.6) is 0 Å². The first-order valence-electron chi connectivity index (χ1n) is 9.00. The molecule has 0 bridgehead atoms. The number of rotatable bonds is 2. The molecular weight excluding hydrogens is 346 g/mol. The summed E-state index contributed by atoms with van der Waals surface area (Å²) < 4.78 is 0. The lowest BCUT2D eigenvalue weighted by molar-refractivity contribution is -0.384. The molecule has 0 amide bonds. The molecule has 0 saturated carbocycles. The number of anilines is 1. The highest BCUT2D eigenvalue weighted by molar-refractivity contribution is 6.19. The number of fused-ring (bicyclic) bond motifs is 4. The van der Waals surface area contributed by atoms with Gasteiger partial charge >= 0.3 is 5.97 Å². The van der Waals surface area contributed by atoms with Gasteiger partial charge in [0.05, 0.1) is 11.0 Å². The van der Waals surface area contributed by atoms with E-state index in [1.54, 1.807) is 12.1 Å². The summed E-state index contributed by atoms with van der Waals surface area (Å²) in [7, 11) is 0. The number of carbonyl (C=O) groups excluding carboxylic acids is 1. The quantitative estimate of drug-likeness (QED) is 0.465. The van der Waals surface area contributed by atoms with E-state index in [2.05, 4.69) is 10.1 Å². The Morgan fingerprint density at radius 1 is 1.22 bits per heavy atom. The molecular formula is C20H17N3O4. The van der Waals surface area contributed by atoms with E-state index in [9.17, 15) is 14.9 Å². The molecule has 5 rings (SSSR count). The lowest BCUT2D eigenvalue weighted by Gasteiger charge is -2.44. The van der Waals surface area contributed by atoms with Crippen LogP contribution >= 0.6 is 0 Å². The van der Waals surface area contributed by atoms with Crippen LogP contribution < -0.4 is 4.90 Å². The highest BCUT2D eigenvalue weighted by Gasteiger charge is 2.61. The molecule has 2 atom stereocenters. The standard InChI is InChI=1S/C20H17N3O4/c24-19-20(18(21-27-19)13-5-2-1-3-6-13)12-14-11-15(23(25)26)8-9-16(14)22-10-4-7-17(20)22/h1-3,5-6,8-9,11,17H,4,7,10,12H2/t17-,20-/m1/s1. The molecule has 0 aliphatic carbocycles. The van der Waals surface area contributed by atoms with Crippen molar-refractivity contribution in [3.05, 3.63) is 69.8 Å². The summed E-state index contributed by atoms with van der Waals surface area (Å²) in [6, 6.07) is 14.4. The second-order valence-corrected chi connectivity index (χ2v) is 7.25. The number of nitro groups is 1. The minimum Gasteiger partial charge on any atom is -0.367 e. The lowest BCUT2D eigenvalue weighted by Crippen LogP contribution is -2.56. The molecule has 7 nitrogen and oxygen atoms in total. The molecule has 0 aromatic heterocycles. The maximum atomic E-state index is 13.0. The van der Waals surface area contributed by atoms with Gasteiger partial charge in [-0.1, -0.05) is 35.5 Å². The van der Waals surface area contributed by atoms with Crippen molar-refractivity contribution < 1.29 is 14.6 Å². The molecule has 0 unspecified atom stereocenters. The number of oxime groups is 1. The van der Waals surface area contributed by atoms with Crippen molar-refractivity contribution in [1.29, 1.82) is 0 Å². The average molecular weight is 363 g/mol. The highest BCUT2D eigenvalue weighted by Crippen LogP contribution is 2.50. The number of benzene rings is 2. The Kier molecular flexibility index (Phi) is 3.34. The fourth-order valence-electron chi connectivity index (χ4n) is 4.80. The van der Waals surface area contributed by atoms with Crippen molar-refractivity contribution in [3.8, 4) is 0 Å². The maximum Gasteiger partial charge on any atom is 0.349 e. The predicted molar refractivity (Wildman–Crippen MR) is 98.7 cm³/mol. The van der Waals surface area contributed by atoms with Crippen LogP contribution in [0.15, 0.2) is 53.7 Å². The molecule has 1 spiro atoms. The average Bonchev–Trinajstić information content (AvgIpc) is 3.29. The fourth-order valence-corrected chi connectivity index (χ4v) is 4.80. The Balaban J connectivity index is 1.70. The third-order valence-electron chi connectivity index (χ3n) is 5.93. The molecule has 1 saturated heterocycles. The number of hydrogen-bond acceptors (Lipinski definition) is 6. The van der Waals surface area contributed by atoms with Gasteiger partial charge in [0, 0.05) is 29.9 Å². The molecule has 136 valence electrons.